The third kappa shape index (κ3) is 2.25. The Morgan fingerprint density at radius 1 is 1.50 bits per heavy atom. The standard InChI is InChI=1S/C11H12BrFN2O/c12-8-2-9(13)4-10(3-8)15-6-7(5-14)1-11(15)16/h2-4,7H,1,5-6,14H2. The molecule has 1 amide bonds. The molecule has 3 nitrogen and oxygen atoms in total. The summed E-state index contributed by atoms with van der Waals surface area (Å²) < 4.78 is 13.8. The van der Waals surface area contributed by atoms with Crippen molar-refractivity contribution in [1.29, 1.82) is 0 Å². The van der Waals surface area contributed by atoms with Crippen molar-refractivity contribution in [3.8, 4) is 0 Å². The largest absolute Gasteiger partial charge is 0.330 e. The van der Waals surface area contributed by atoms with E-state index in [2.05, 4.69) is 15.9 Å². The van der Waals surface area contributed by atoms with Crippen molar-refractivity contribution >= 4 is 27.5 Å². The quantitative estimate of drug-likeness (QED) is 0.903. The van der Waals surface area contributed by atoms with Crippen LogP contribution in [0.2, 0.25) is 0 Å². The highest BCUT2D eigenvalue weighted by molar-refractivity contribution is 9.10. The van der Waals surface area contributed by atoms with Crippen LogP contribution >= 0.6 is 15.9 Å². The van der Waals surface area contributed by atoms with Crippen molar-refractivity contribution in [3.63, 3.8) is 0 Å². The van der Waals surface area contributed by atoms with Crippen LogP contribution in [-0.4, -0.2) is 19.0 Å². The van der Waals surface area contributed by atoms with Crippen LogP contribution in [0.25, 0.3) is 0 Å². The Kier molecular flexibility index (Phi) is 3.25. The highest BCUT2D eigenvalue weighted by Crippen LogP contribution is 2.27. The van der Waals surface area contributed by atoms with Crippen molar-refractivity contribution in [2.45, 2.75) is 6.42 Å². The molecule has 0 bridgehead atoms. The molecule has 1 aromatic carbocycles. The summed E-state index contributed by atoms with van der Waals surface area (Å²) in [4.78, 5) is 13.3. The fourth-order valence-corrected chi connectivity index (χ4v) is 2.34. The number of anilines is 1. The predicted molar refractivity (Wildman–Crippen MR) is 63.6 cm³/mol. The summed E-state index contributed by atoms with van der Waals surface area (Å²) in [5.74, 6) is -0.170. The predicted octanol–water partition coefficient (Wildman–Crippen LogP) is 1.90. The maximum atomic E-state index is 13.2. The number of carbonyl (C=O) groups is 1. The lowest BCUT2D eigenvalue weighted by Crippen LogP contribution is -2.25. The van der Waals surface area contributed by atoms with E-state index in [1.165, 1.54) is 12.1 Å². The zero-order valence-corrected chi connectivity index (χ0v) is 10.2. The molecule has 2 N–H and O–H groups in total. The second-order valence-corrected chi connectivity index (χ2v) is 4.85. The van der Waals surface area contributed by atoms with Crippen LogP contribution in [0.1, 0.15) is 6.42 Å². The average molecular weight is 287 g/mol. The summed E-state index contributed by atoms with van der Waals surface area (Å²) in [5.41, 5.74) is 6.12. The number of nitrogens with two attached hydrogens (primary N) is 1. The lowest BCUT2D eigenvalue weighted by atomic mass is 10.1. The zero-order chi connectivity index (χ0) is 11.7. The van der Waals surface area contributed by atoms with E-state index in [9.17, 15) is 9.18 Å². The van der Waals surface area contributed by atoms with Gasteiger partial charge in [-0.05, 0) is 30.7 Å². The second-order valence-electron chi connectivity index (χ2n) is 3.94. The molecule has 1 saturated heterocycles. The van der Waals surface area contributed by atoms with Gasteiger partial charge in [0.2, 0.25) is 5.91 Å². The van der Waals surface area contributed by atoms with Crippen molar-refractivity contribution in [3.05, 3.63) is 28.5 Å². The van der Waals surface area contributed by atoms with Gasteiger partial charge >= 0.3 is 0 Å². The second kappa shape index (κ2) is 4.51. The molecular weight excluding hydrogens is 275 g/mol. The van der Waals surface area contributed by atoms with Crippen LogP contribution in [0, 0.1) is 11.7 Å². The number of amides is 1. The van der Waals surface area contributed by atoms with Crippen LogP contribution in [0.3, 0.4) is 0 Å². The minimum absolute atomic E-state index is 0.00736. The van der Waals surface area contributed by atoms with Crippen molar-refractivity contribution in [2.24, 2.45) is 11.7 Å². The van der Waals surface area contributed by atoms with Crippen LogP contribution < -0.4 is 10.6 Å². The van der Waals surface area contributed by atoms with Gasteiger partial charge in [0.25, 0.3) is 0 Å². The van der Waals surface area contributed by atoms with Gasteiger partial charge in [-0.15, -0.1) is 0 Å². The molecule has 2 rings (SSSR count). The Hall–Kier alpha value is -0.940. The molecule has 0 spiro atoms. The van der Waals surface area contributed by atoms with Gasteiger partial charge < -0.3 is 10.6 Å². The normalized spacial score (nSPS) is 20.6. The van der Waals surface area contributed by atoms with Gasteiger partial charge in [-0.3, -0.25) is 4.79 Å². The number of benzene rings is 1. The Balaban J connectivity index is 2.27. The molecule has 0 aromatic heterocycles. The topological polar surface area (TPSA) is 46.3 Å². The molecule has 0 saturated carbocycles. The first-order valence-corrected chi connectivity index (χ1v) is 5.86. The minimum atomic E-state index is -0.353. The van der Waals surface area contributed by atoms with E-state index in [1.807, 2.05) is 0 Å². The molecular formula is C11H12BrFN2O. The van der Waals surface area contributed by atoms with Crippen molar-refractivity contribution in [1.82, 2.24) is 0 Å². The van der Waals surface area contributed by atoms with Crippen LogP contribution in [0.15, 0.2) is 22.7 Å². The Labute approximate surface area is 102 Å². The van der Waals surface area contributed by atoms with Gasteiger partial charge in [0.05, 0.1) is 0 Å². The van der Waals surface area contributed by atoms with E-state index in [-0.39, 0.29) is 17.6 Å². The van der Waals surface area contributed by atoms with Crippen LogP contribution in [0.4, 0.5) is 10.1 Å². The van der Waals surface area contributed by atoms with E-state index in [4.69, 9.17) is 5.73 Å². The van der Waals surface area contributed by atoms with E-state index in [0.29, 0.717) is 29.7 Å². The first-order valence-electron chi connectivity index (χ1n) is 5.06. The van der Waals surface area contributed by atoms with Gasteiger partial charge in [0, 0.05) is 23.1 Å². The van der Waals surface area contributed by atoms with Gasteiger partial charge in [0.15, 0.2) is 0 Å². The highest BCUT2D eigenvalue weighted by Gasteiger charge is 2.29. The van der Waals surface area contributed by atoms with Crippen molar-refractivity contribution < 1.29 is 9.18 Å². The number of halogens is 2. The van der Waals surface area contributed by atoms with Gasteiger partial charge in [-0.2, -0.15) is 0 Å². The lowest BCUT2D eigenvalue weighted by molar-refractivity contribution is -0.117. The fraction of sp³-hybridized carbons (Fsp3) is 0.364. The molecule has 1 aliphatic heterocycles. The summed E-state index contributed by atoms with van der Waals surface area (Å²) in [7, 11) is 0. The smallest absolute Gasteiger partial charge is 0.227 e. The zero-order valence-electron chi connectivity index (χ0n) is 8.62. The molecule has 1 aliphatic rings. The number of hydrogen-bond acceptors (Lipinski definition) is 2. The summed E-state index contributed by atoms with van der Waals surface area (Å²) in [6.45, 7) is 1.06. The first-order chi connectivity index (χ1) is 7.60. The molecule has 86 valence electrons. The Morgan fingerprint density at radius 2 is 2.25 bits per heavy atom. The monoisotopic (exact) mass is 286 g/mol. The molecule has 16 heavy (non-hydrogen) atoms. The lowest BCUT2D eigenvalue weighted by Gasteiger charge is -2.16. The van der Waals surface area contributed by atoms with E-state index >= 15 is 0 Å². The maximum absolute atomic E-state index is 13.2. The number of nitrogens with zero attached hydrogens (tertiary/aromatic N) is 1. The Morgan fingerprint density at radius 3 is 2.81 bits per heavy atom. The summed E-state index contributed by atoms with van der Waals surface area (Å²) in [6, 6.07) is 4.46. The third-order valence-corrected chi connectivity index (χ3v) is 3.16. The van der Waals surface area contributed by atoms with Crippen LogP contribution in [-0.2, 0) is 4.79 Å². The molecule has 1 atom stereocenters. The van der Waals surface area contributed by atoms with E-state index in [0.717, 1.165) is 0 Å². The molecule has 0 radical (unpaired) electrons. The van der Waals surface area contributed by atoms with Crippen LogP contribution in [0.5, 0.6) is 0 Å². The van der Waals surface area contributed by atoms with E-state index in [1.54, 1.807) is 11.0 Å². The van der Waals surface area contributed by atoms with Crippen molar-refractivity contribution in [2.75, 3.05) is 18.0 Å². The van der Waals surface area contributed by atoms with Gasteiger partial charge in [-0.1, -0.05) is 15.9 Å². The van der Waals surface area contributed by atoms with Gasteiger partial charge in [-0.25, -0.2) is 4.39 Å². The molecule has 1 fully saturated rings. The maximum Gasteiger partial charge on any atom is 0.227 e. The molecule has 1 aromatic rings. The molecule has 0 aliphatic carbocycles. The third-order valence-electron chi connectivity index (χ3n) is 2.70. The molecule has 1 unspecified atom stereocenters. The fourth-order valence-electron chi connectivity index (χ4n) is 1.88. The number of rotatable bonds is 2. The SMILES string of the molecule is NCC1CC(=O)N(c2cc(F)cc(Br)c2)C1. The molecule has 5 heteroatoms. The summed E-state index contributed by atoms with van der Waals surface area (Å²) in [6.07, 6.45) is 0.449. The summed E-state index contributed by atoms with van der Waals surface area (Å²) >= 11 is 3.21. The Bertz CT molecular complexity index is 404. The average Bonchev–Trinajstić information content (AvgIpc) is 2.58. The van der Waals surface area contributed by atoms with Gasteiger partial charge in [0.1, 0.15) is 5.82 Å². The number of hydrogen-bond donors (Lipinski definition) is 1. The first kappa shape index (κ1) is 11.5. The molecule has 1 heterocycles. The number of carbonyl (C=O) groups excluding carboxylic acids is 1. The summed E-state index contributed by atoms with van der Waals surface area (Å²) in [5, 5.41) is 0. The van der Waals surface area contributed by atoms with E-state index < -0.39 is 0 Å². The highest BCUT2D eigenvalue weighted by atomic mass is 79.9. The minimum Gasteiger partial charge on any atom is -0.330 e.